The van der Waals surface area contributed by atoms with Crippen LogP contribution in [0, 0.1) is 18.8 Å². The van der Waals surface area contributed by atoms with Crippen molar-refractivity contribution in [2.75, 3.05) is 18.0 Å². The average molecular weight is 439 g/mol. The second-order valence-corrected chi connectivity index (χ2v) is 10.5. The number of likely N-dealkylation sites (tertiary alicyclic amines) is 1. The summed E-state index contributed by atoms with van der Waals surface area (Å²) in [5, 5.41) is 0. The van der Waals surface area contributed by atoms with Crippen molar-refractivity contribution in [1.29, 1.82) is 0 Å². The summed E-state index contributed by atoms with van der Waals surface area (Å²) in [6.07, 6.45) is 15.4. The van der Waals surface area contributed by atoms with Crippen LogP contribution in [-0.4, -0.2) is 39.8 Å². The standard InChI is InChI=1S/C26H38N4O2/c1-18-21-16-23(31)30(17-19-10-4-2-5-11-19)25(21)28-24(27-18)22-14-8-9-15-29(22)26(32)20-12-6-3-7-13-20/h19-20,22H,2-17H2,1H3/t22-/m0/s1. The van der Waals surface area contributed by atoms with Gasteiger partial charge in [0.15, 0.2) is 5.82 Å². The monoisotopic (exact) mass is 438 g/mol. The van der Waals surface area contributed by atoms with Crippen LogP contribution in [0.2, 0.25) is 0 Å². The van der Waals surface area contributed by atoms with Crippen molar-refractivity contribution in [1.82, 2.24) is 14.9 Å². The number of piperidine rings is 1. The summed E-state index contributed by atoms with van der Waals surface area (Å²) < 4.78 is 0. The normalized spacial score (nSPS) is 25.3. The van der Waals surface area contributed by atoms with Crippen molar-refractivity contribution in [3.8, 4) is 0 Å². The van der Waals surface area contributed by atoms with Crippen molar-refractivity contribution in [2.24, 2.45) is 11.8 Å². The first-order valence-corrected chi connectivity index (χ1v) is 13.1. The van der Waals surface area contributed by atoms with Crippen molar-refractivity contribution in [3.05, 3.63) is 17.1 Å². The smallest absolute Gasteiger partial charge is 0.232 e. The molecule has 1 saturated heterocycles. The Bertz CT molecular complexity index is 858. The second-order valence-electron chi connectivity index (χ2n) is 10.5. The molecule has 2 aliphatic heterocycles. The summed E-state index contributed by atoms with van der Waals surface area (Å²) in [6.45, 7) is 3.61. The number of aromatic nitrogens is 2. The molecule has 174 valence electrons. The third-order valence-corrected chi connectivity index (χ3v) is 8.30. The molecule has 32 heavy (non-hydrogen) atoms. The zero-order valence-corrected chi connectivity index (χ0v) is 19.7. The Kier molecular flexibility index (Phi) is 6.47. The summed E-state index contributed by atoms with van der Waals surface area (Å²) in [5.74, 6) is 2.82. The summed E-state index contributed by atoms with van der Waals surface area (Å²) in [7, 11) is 0. The number of aryl methyl sites for hydroxylation is 1. The van der Waals surface area contributed by atoms with Crippen LogP contribution < -0.4 is 4.90 Å². The van der Waals surface area contributed by atoms with E-state index < -0.39 is 0 Å². The molecule has 1 aromatic rings. The fourth-order valence-corrected chi connectivity index (χ4v) is 6.41. The van der Waals surface area contributed by atoms with Crippen molar-refractivity contribution in [3.63, 3.8) is 0 Å². The first kappa shape index (κ1) is 21.8. The Morgan fingerprint density at radius 2 is 1.59 bits per heavy atom. The Morgan fingerprint density at radius 3 is 2.34 bits per heavy atom. The molecule has 0 radical (unpaired) electrons. The lowest BCUT2D eigenvalue weighted by atomic mass is 9.87. The van der Waals surface area contributed by atoms with Crippen LogP contribution in [0.4, 0.5) is 5.82 Å². The third-order valence-electron chi connectivity index (χ3n) is 8.30. The fraction of sp³-hybridized carbons (Fsp3) is 0.769. The fourth-order valence-electron chi connectivity index (χ4n) is 6.41. The highest BCUT2D eigenvalue weighted by Gasteiger charge is 2.38. The van der Waals surface area contributed by atoms with E-state index in [4.69, 9.17) is 9.97 Å². The molecule has 2 amide bonds. The maximum atomic E-state index is 13.4. The van der Waals surface area contributed by atoms with E-state index in [1.807, 2.05) is 11.8 Å². The van der Waals surface area contributed by atoms with E-state index in [1.54, 1.807) is 0 Å². The molecule has 1 aromatic heterocycles. The summed E-state index contributed by atoms with van der Waals surface area (Å²) in [5.41, 5.74) is 1.91. The number of fused-ring (bicyclic) bond motifs is 1. The van der Waals surface area contributed by atoms with Gasteiger partial charge < -0.3 is 4.90 Å². The molecule has 0 spiro atoms. The van der Waals surface area contributed by atoms with E-state index in [2.05, 4.69) is 4.90 Å². The highest BCUT2D eigenvalue weighted by atomic mass is 16.2. The van der Waals surface area contributed by atoms with Gasteiger partial charge in [0, 0.05) is 30.3 Å². The molecule has 2 saturated carbocycles. The maximum absolute atomic E-state index is 13.4. The Morgan fingerprint density at radius 1 is 0.906 bits per heavy atom. The zero-order chi connectivity index (χ0) is 22.1. The van der Waals surface area contributed by atoms with Crippen molar-refractivity contribution < 1.29 is 9.59 Å². The predicted octanol–water partition coefficient (Wildman–Crippen LogP) is 4.89. The summed E-state index contributed by atoms with van der Waals surface area (Å²) in [6, 6.07) is -0.0468. The molecular formula is C26H38N4O2. The van der Waals surface area contributed by atoms with Gasteiger partial charge in [0.05, 0.1) is 12.5 Å². The SMILES string of the molecule is Cc1nc([C@@H]2CCCCN2C(=O)C2CCCCC2)nc2c1CC(=O)N2CC1CCCCC1. The number of carbonyl (C=O) groups excluding carboxylic acids is 2. The highest BCUT2D eigenvalue weighted by Crippen LogP contribution is 2.37. The Hall–Kier alpha value is -1.98. The first-order chi connectivity index (χ1) is 15.6. The number of rotatable bonds is 4. The van der Waals surface area contributed by atoms with Gasteiger partial charge in [-0.3, -0.25) is 14.5 Å². The van der Waals surface area contributed by atoms with Gasteiger partial charge in [0.1, 0.15) is 5.82 Å². The topological polar surface area (TPSA) is 66.4 Å². The average Bonchev–Trinajstić information content (AvgIpc) is 3.15. The van der Waals surface area contributed by atoms with Crippen molar-refractivity contribution >= 4 is 17.6 Å². The van der Waals surface area contributed by atoms with Crippen LogP contribution >= 0.6 is 0 Å². The molecule has 2 aliphatic carbocycles. The molecule has 6 heteroatoms. The number of carbonyl (C=O) groups is 2. The summed E-state index contributed by atoms with van der Waals surface area (Å²) in [4.78, 5) is 40.3. The molecule has 3 fully saturated rings. The van der Waals surface area contributed by atoms with Crippen molar-refractivity contribution in [2.45, 2.75) is 103 Å². The summed E-state index contributed by atoms with van der Waals surface area (Å²) >= 11 is 0. The molecule has 3 heterocycles. The van der Waals surface area contributed by atoms with Gasteiger partial charge in [-0.05, 0) is 57.8 Å². The molecule has 0 unspecified atom stereocenters. The van der Waals surface area contributed by atoms with Gasteiger partial charge in [-0.2, -0.15) is 0 Å². The molecular weight excluding hydrogens is 400 g/mol. The first-order valence-electron chi connectivity index (χ1n) is 13.1. The lowest BCUT2D eigenvalue weighted by Gasteiger charge is -2.38. The second kappa shape index (κ2) is 9.48. The van der Waals surface area contributed by atoms with Crippen LogP contribution in [0.15, 0.2) is 0 Å². The number of hydrogen-bond donors (Lipinski definition) is 0. The Balaban J connectivity index is 1.41. The van der Waals surface area contributed by atoms with Gasteiger partial charge in [0.2, 0.25) is 11.8 Å². The van der Waals surface area contributed by atoms with E-state index in [-0.39, 0.29) is 17.9 Å². The zero-order valence-electron chi connectivity index (χ0n) is 19.7. The lowest BCUT2D eigenvalue weighted by molar-refractivity contribution is -0.140. The van der Waals surface area contributed by atoms with E-state index >= 15 is 0 Å². The number of nitrogens with zero attached hydrogens (tertiary/aromatic N) is 4. The van der Waals surface area contributed by atoms with Gasteiger partial charge in [-0.25, -0.2) is 9.97 Å². The molecule has 1 atom stereocenters. The minimum atomic E-state index is -0.0468. The molecule has 4 aliphatic rings. The number of anilines is 1. The van der Waals surface area contributed by atoms with Crippen LogP contribution in [-0.2, 0) is 16.0 Å². The molecule has 6 nitrogen and oxygen atoms in total. The number of amides is 2. The van der Waals surface area contributed by atoms with E-state index in [9.17, 15) is 9.59 Å². The Labute approximate surface area is 192 Å². The van der Waals surface area contributed by atoms with E-state index in [0.717, 1.165) is 68.1 Å². The van der Waals surface area contributed by atoms with Gasteiger partial charge in [-0.1, -0.05) is 38.5 Å². The minimum Gasteiger partial charge on any atom is -0.332 e. The molecule has 5 rings (SSSR count). The van der Waals surface area contributed by atoms with Crippen LogP contribution in [0.3, 0.4) is 0 Å². The van der Waals surface area contributed by atoms with Crippen LogP contribution in [0.5, 0.6) is 0 Å². The largest absolute Gasteiger partial charge is 0.332 e. The highest BCUT2D eigenvalue weighted by molar-refractivity contribution is 6.00. The van der Waals surface area contributed by atoms with Crippen LogP contribution in [0.1, 0.15) is 107 Å². The lowest BCUT2D eigenvalue weighted by Crippen LogP contribution is -2.43. The van der Waals surface area contributed by atoms with Gasteiger partial charge in [0.25, 0.3) is 0 Å². The number of hydrogen-bond acceptors (Lipinski definition) is 4. The maximum Gasteiger partial charge on any atom is 0.232 e. The van der Waals surface area contributed by atoms with E-state index in [1.165, 1.54) is 51.4 Å². The van der Waals surface area contributed by atoms with Crippen LogP contribution in [0.25, 0.3) is 0 Å². The molecule has 0 N–H and O–H groups in total. The third kappa shape index (κ3) is 4.29. The minimum absolute atomic E-state index is 0.0468. The quantitative estimate of drug-likeness (QED) is 0.671. The van der Waals surface area contributed by atoms with Gasteiger partial charge in [-0.15, -0.1) is 0 Å². The van der Waals surface area contributed by atoms with Gasteiger partial charge >= 0.3 is 0 Å². The molecule has 0 bridgehead atoms. The molecule has 0 aromatic carbocycles. The van der Waals surface area contributed by atoms with E-state index in [0.29, 0.717) is 18.2 Å². The predicted molar refractivity (Wildman–Crippen MR) is 124 cm³/mol.